The third-order valence-corrected chi connectivity index (χ3v) is 4.07. The maximum Gasteiger partial charge on any atom is 0.290 e. The first kappa shape index (κ1) is 15.4. The number of aromatic nitrogens is 4. The van der Waals surface area contributed by atoms with Crippen LogP contribution in [0.1, 0.15) is 35.4 Å². The lowest BCUT2D eigenvalue weighted by Crippen LogP contribution is -2.24. The van der Waals surface area contributed by atoms with Gasteiger partial charge in [-0.2, -0.15) is 4.98 Å². The fraction of sp³-hybridized carbons (Fsp3) is 0.267. The minimum Gasteiger partial charge on any atom is -0.363 e. The highest BCUT2D eigenvalue weighted by Gasteiger charge is 2.32. The van der Waals surface area contributed by atoms with Crippen LogP contribution in [0.15, 0.2) is 22.9 Å². The first-order chi connectivity index (χ1) is 12.0. The van der Waals surface area contributed by atoms with E-state index in [0.29, 0.717) is 18.8 Å². The number of halogens is 2. The summed E-state index contributed by atoms with van der Waals surface area (Å²) in [7, 11) is 0. The van der Waals surface area contributed by atoms with Crippen molar-refractivity contribution < 1.29 is 18.1 Å². The molecule has 1 aromatic carbocycles. The van der Waals surface area contributed by atoms with Crippen molar-refractivity contribution in [2.75, 3.05) is 11.4 Å². The van der Waals surface area contributed by atoms with Crippen molar-refractivity contribution in [3.63, 3.8) is 0 Å². The van der Waals surface area contributed by atoms with Crippen LogP contribution in [-0.4, -0.2) is 32.6 Å². The van der Waals surface area contributed by atoms with Crippen LogP contribution in [-0.2, 0) is 0 Å². The van der Waals surface area contributed by atoms with Crippen LogP contribution in [0.4, 0.5) is 14.6 Å². The molecule has 10 heteroatoms. The van der Waals surface area contributed by atoms with E-state index >= 15 is 0 Å². The van der Waals surface area contributed by atoms with E-state index in [4.69, 9.17) is 10.3 Å². The van der Waals surface area contributed by atoms with E-state index in [2.05, 4.69) is 20.1 Å². The van der Waals surface area contributed by atoms with E-state index in [0.717, 1.165) is 18.6 Å². The number of amides is 1. The molecule has 1 aliphatic heterocycles. The predicted molar refractivity (Wildman–Crippen MR) is 81.6 cm³/mol. The molecule has 1 atom stereocenters. The molecule has 1 amide bonds. The second kappa shape index (κ2) is 5.72. The molecule has 0 bridgehead atoms. The Bertz CT molecular complexity index is 976. The molecule has 1 fully saturated rings. The van der Waals surface area contributed by atoms with Gasteiger partial charge in [0, 0.05) is 18.7 Å². The number of hydrogen-bond acceptors (Lipinski definition) is 7. The molecule has 8 nitrogen and oxygen atoms in total. The lowest BCUT2D eigenvalue weighted by Gasteiger charge is -2.22. The summed E-state index contributed by atoms with van der Waals surface area (Å²) in [5, 5.41) is 3.55. The largest absolute Gasteiger partial charge is 0.363 e. The average Bonchev–Trinajstić information content (AvgIpc) is 3.24. The molecule has 3 heterocycles. The standard InChI is InChI=1S/C15H12F2N6O2/c16-7-4-9-10(5-8(7)17)20-12(6-19-9)23-3-1-2-11(23)15-21-14(13(18)24)22-25-15/h4-6,11H,1-3H2,(H2,18,24)/t11-/m1/s1. The fourth-order valence-corrected chi connectivity index (χ4v) is 2.91. The van der Waals surface area contributed by atoms with Gasteiger partial charge in [0.05, 0.1) is 17.2 Å². The first-order valence-corrected chi connectivity index (χ1v) is 7.55. The molecule has 2 aromatic heterocycles. The number of anilines is 1. The van der Waals surface area contributed by atoms with Crippen LogP contribution < -0.4 is 10.6 Å². The highest BCUT2D eigenvalue weighted by Crippen LogP contribution is 2.34. The Hall–Kier alpha value is -3.17. The summed E-state index contributed by atoms with van der Waals surface area (Å²) in [6.07, 6.45) is 3.01. The number of nitrogens with two attached hydrogens (primary N) is 1. The van der Waals surface area contributed by atoms with Crippen molar-refractivity contribution in [3.05, 3.63) is 41.7 Å². The monoisotopic (exact) mass is 346 g/mol. The molecule has 4 rings (SSSR count). The number of nitrogens with zero attached hydrogens (tertiary/aromatic N) is 5. The summed E-state index contributed by atoms with van der Waals surface area (Å²) in [6, 6.07) is 1.71. The Morgan fingerprint density at radius 1 is 1.24 bits per heavy atom. The maximum atomic E-state index is 13.4. The van der Waals surface area contributed by atoms with Gasteiger partial charge in [0.15, 0.2) is 11.6 Å². The minimum atomic E-state index is -0.986. The van der Waals surface area contributed by atoms with Crippen molar-refractivity contribution in [1.29, 1.82) is 0 Å². The fourth-order valence-electron chi connectivity index (χ4n) is 2.91. The quantitative estimate of drug-likeness (QED) is 0.769. The van der Waals surface area contributed by atoms with Gasteiger partial charge in [-0.25, -0.2) is 13.8 Å². The second-order valence-corrected chi connectivity index (χ2v) is 5.66. The summed E-state index contributed by atoms with van der Waals surface area (Å²) < 4.78 is 31.8. The molecule has 0 saturated carbocycles. The molecule has 0 unspecified atom stereocenters. The van der Waals surface area contributed by atoms with Crippen LogP contribution >= 0.6 is 0 Å². The van der Waals surface area contributed by atoms with E-state index in [1.165, 1.54) is 6.20 Å². The molecule has 2 N–H and O–H groups in total. The first-order valence-electron chi connectivity index (χ1n) is 7.55. The summed E-state index contributed by atoms with van der Waals surface area (Å²) in [5.74, 6) is -2.21. The number of hydrogen-bond donors (Lipinski definition) is 1. The molecule has 0 radical (unpaired) electrons. The number of carbonyl (C=O) groups is 1. The van der Waals surface area contributed by atoms with Crippen LogP contribution in [0.5, 0.6) is 0 Å². The number of primary amides is 1. The van der Waals surface area contributed by atoms with E-state index in [9.17, 15) is 13.6 Å². The zero-order valence-corrected chi connectivity index (χ0v) is 12.8. The Kier molecular flexibility index (Phi) is 3.52. The normalized spacial score (nSPS) is 17.4. The van der Waals surface area contributed by atoms with E-state index in [1.54, 1.807) is 0 Å². The third-order valence-electron chi connectivity index (χ3n) is 4.07. The van der Waals surface area contributed by atoms with Crippen molar-refractivity contribution in [1.82, 2.24) is 20.1 Å². The SMILES string of the molecule is NC(=O)c1noc([C@H]2CCCN2c2cnc3cc(F)c(F)cc3n2)n1. The summed E-state index contributed by atoms with van der Waals surface area (Å²) >= 11 is 0. The molecule has 128 valence electrons. The van der Waals surface area contributed by atoms with Crippen LogP contribution in [0.25, 0.3) is 11.0 Å². The lowest BCUT2D eigenvalue weighted by molar-refractivity contribution is 0.0987. The topological polar surface area (TPSA) is 111 Å². The van der Waals surface area contributed by atoms with Gasteiger partial charge in [-0.15, -0.1) is 0 Å². The molecule has 25 heavy (non-hydrogen) atoms. The number of carbonyl (C=O) groups excluding carboxylic acids is 1. The van der Waals surface area contributed by atoms with E-state index < -0.39 is 17.5 Å². The van der Waals surface area contributed by atoms with E-state index in [-0.39, 0.29) is 28.8 Å². The Morgan fingerprint density at radius 2 is 2.00 bits per heavy atom. The molecule has 3 aromatic rings. The molecular weight excluding hydrogens is 334 g/mol. The minimum absolute atomic E-state index is 0.191. The molecule has 1 aliphatic rings. The van der Waals surface area contributed by atoms with Crippen LogP contribution in [0.2, 0.25) is 0 Å². The molecule has 0 aliphatic carbocycles. The van der Waals surface area contributed by atoms with Crippen LogP contribution in [0.3, 0.4) is 0 Å². The van der Waals surface area contributed by atoms with Gasteiger partial charge in [-0.1, -0.05) is 5.16 Å². The summed E-state index contributed by atoms with van der Waals surface area (Å²) in [5.41, 5.74) is 5.63. The van der Waals surface area contributed by atoms with E-state index in [1.807, 2.05) is 4.90 Å². The smallest absolute Gasteiger partial charge is 0.290 e. The maximum absolute atomic E-state index is 13.4. The van der Waals surface area contributed by atoms with Crippen molar-refractivity contribution in [3.8, 4) is 0 Å². The van der Waals surface area contributed by atoms with Gasteiger partial charge in [0.2, 0.25) is 5.89 Å². The predicted octanol–water partition coefficient (Wildman–Crippen LogP) is 1.73. The Morgan fingerprint density at radius 3 is 2.72 bits per heavy atom. The van der Waals surface area contributed by atoms with Gasteiger partial charge in [-0.3, -0.25) is 9.78 Å². The Labute approximate surface area is 139 Å². The van der Waals surface area contributed by atoms with Crippen molar-refractivity contribution >= 4 is 22.8 Å². The van der Waals surface area contributed by atoms with Gasteiger partial charge >= 0.3 is 0 Å². The summed E-state index contributed by atoms with van der Waals surface area (Å²) in [4.78, 5) is 25.5. The number of benzene rings is 1. The zero-order valence-electron chi connectivity index (χ0n) is 12.8. The Balaban J connectivity index is 1.70. The molecular formula is C15H12F2N6O2. The van der Waals surface area contributed by atoms with Gasteiger partial charge in [0.1, 0.15) is 11.9 Å². The van der Waals surface area contributed by atoms with Crippen LogP contribution in [0, 0.1) is 11.6 Å². The van der Waals surface area contributed by atoms with Crippen molar-refractivity contribution in [2.24, 2.45) is 5.73 Å². The number of rotatable bonds is 3. The van der Waals surface area contributed by atoms with Gasteiger partial charge in [0.25, 0.3) is 11.7 Å². The second-order valence-electron chi connectivity index (χ2n) is 5.66. The van der Waals surface area contributed by atoms with Gasteiger partial charge in [-0.05, 0) is 12.8 Å². The van der Waals surface area contributed by atoms with Gasteiger partial charge < -0.3 is 15.2 Å². The van der Waals surface area contributed by atoms with Crippen molar-refractivity contribution in [2.45, 2.75) is 18.9 Å². The molecule has 0 spiro atoms. The summed E-state index contributed by atoms with van der Waals surface area (Å²) in [6.45, 7) is 0.642. The lowest BCUT2D eigenvalue weighted by atomic mass is 10.2. The third kappa shape index (κ3) is 2.65. The highest BCUT2D eigenvalue weighted by molar-refractivity contribution is 5.88. The molecule has 1 saturated heterocycles. The average molecular weight is 346 g/mol. The highest BCUT2D eigenvalue weighted by atomic mass is 19.2. The zero-order chi connectivity index (χ0) is 17.6. The number of fused-ring (bicyclic) bond motifs is 1.